The number of aliphatic hydroxyl groups excluding tert-OH is 3. The molecule has 3 fully saturated rings. The number of thioether (sulfide) groups is 1. The number of allylic oxidation sites excluding steroid dienone is 3. The van der Waals surface area contributed by atoms with E-state index >= 15 is 0 Å². The van der Waals surface area contributed by atoms with Gasteiger partial charge in [-0.05, 0) is 87.0 Å². The van der Waals surface area contributed by atoms with E-state index in [4.69, 9.17) is 0 Å². The predicted octanol–water partition coefficient (Wildman–Crippen LogP) is 4.77. The van der Waals surface area contributed by atoms with Crippen molar-refractivity contribution >= 4 is 11.8 Å². The molecule has 0 aromatic heterocycles. The zero-order valence-electron chi connectivity index (χ0n) is 20.4. The number of fused-ring (bicyclic) bond motifs is 1. The lowest BCUT2D eigenvalue weighted by Gasteiger charge is -2.44. The Morgan fingerprint density at radius 3 is 2.62 bits per heavy atom. The van der Waals surface area contributed by atoms with E-state index < -0.39 is 17.8 Å². The fraction of sp³-hybridized carbons (Fsp3) is 0.778. The predicted molar refractivity (Wildman–Crippen MR) is 134 cm³/mol. The third-order valence-electron chi connectivity index (χ3n) is 8.16. The molecular weight excluding hydrogens is 420 g/mol. The zero-order chi connectivity index (χ0) is 23.7. The topological polar surface area (TPSA) is 80.9 Å². The lowest BCUT2D eigenvalue weighted by Crippen LogP contribution is -2.39. The molecule has 7 atom stereocenters. The van der Waals surface area contributed by atoms with Crippen molar-refractivity contribution < 1.29 is 20.4 Å². The summed E-state index contributed by atoms with van der Waals surface area (Å²) in [6.07, 6.45) is 9.65. The van der Waals surface area contributed by atoms with Crippen LogP contribution >= 0.6 is 11.8 Å². The lowest BCUT2D eigenvalue weighted by molar-refractivity contribution is 0.0678. The third-order valence-corrected chi connectivity index (χ3v) is 9.50. The molecule has 3 rings (SSSR count). The van der Waals surface area contributed by atoms with E-state index in [0.717, 1.165) is 55.4 Å². The molecule has 3 aliphatic carbocycles. The van der Waals surface area contributed by atoms with Gasteiger partial charge in [-0.3, -0.25) is 0 Å². The Morgan fingerprint density at radius 1 is 1.22 bits per heavy atom. The molecule has 5 heteroatoms. The highest BCUT2D eigenvalue weighted by molar-refractivity contribution is 7.99. The van der Waals surface area contributed by atoms with Gasteiger partial charge in [-0.2, -0.15) is 11.8 Å². The van der Waals surface area contributed by atoms with E-state index in [9.17, 15) is 20.4 Å². The van der Waals surface area contributed by atoms with Gasteiger partial charge in [-0.1, -0.05) is 38.2 Å². The molecule has 1 unspecified atom stereocenters. The van der Waals surface area contributed by atoms with Gasteiger partial charge in [0.05, 0.1) is 23.9 Å². The van der Waals surface area contributed by atoms with Gasteiger partial charge in [0, 0.05) is 17.6 Å². The second-order valence-electron chi connectivity index (χ2n) is 11.3. The van der Waals surface area contributed by atoms with Gasteiger partial charge >= 0.3 is 0 Å². The quantitative estimate of drug-likeness (QED) is 0.408. The van der Waals surface area contributed by atoms with Crippen LogP contribution in [0.15, 0.2) is 35.5 Å². The van der Waals surface area contributed by atoms with Crippen LogP contribution in [0.4, 0.5) is 0 Å². The second kappa shape index (κ2) is 10.4. The minimum Gasteiger partial charge on any atom is -0.393 e. The fourth-order valence-corrected chi connectivity index (χ4v) is 7.87. The summed E-state index contributed by atoms with van der Waals surface area (Å²) < 4.78 is 0. The average Bonchev–Trinajstić information content (AvgIpc) is 2.96. The Morgan fingerprint density at radius 2 is 1.94 bits per heavy atom. The Hall–Kier alpha value is -0.590. The normalized spacial score (nSPS) is 39.5. The van der Waals surface area contributed by atoms with E-state index in [1.54, 1.807) is 0 Å². The molecule has 0 aliphatic heterocycles. The second-order valence-corrected chi connectivity index (χ2v) is 12.8. The maximum atomic E-state index is 11.1. The molecule has 3 saturated carbocycles. The first-order valence-corrected chi connectivity index (χ1v) is 13.4. The van der Waals surface area contributed by atoms with Crippen LogP contribution in [0.1, 0.15) is 79.1 Å². The van der Waals surface area contributed by atoms with E-state index in [1.165, 1.54) is 5.57 Å². The summed E-state index contributed by atoms with van der Waals surface area (Å²) in [5.41, 5.74) is 2.55. The standard InChI is InChI=1S/C27H44O4S/c1-17-20(14-21(28)15-23(17)29)10-9-19-8-6-12-27(5)22(19)16-24(30)25(27)18(2)32-13-7-11-26(3,4)31/h9-10,18,21-25,28-31H,1,6-8,11-16H2,2-5H3/b19-9+,20-10-/t18?,21-,22+,23+,24-,25+,27+/m1/s1. The van der Waals surface area contributed by atoms with Gasteiger partial charge in [-0.15, -0.1) is 0 Å². The van der Waals surface area contributed by atoms with Crippen molar-refractivity contribution in [2.24, 2.45) is 17.3 Å². The Labute approximate surface area is 198 Å². The Bertz CT molecular complexity index is 736. The summed E-state index contributed by atoms with van der Waals surface area (Å²) in [4.78, 5) is 0. The van der Waals surface area contributed by atoms with Crippen LogP contribution < -0.4 is 0 Å². The summed E-state index contributed by atoms with van der Waals surface area (Å²) >= 11 is 1.94. The molecule has 3 aliphatic rings. The fourth-order valence-electron chi connectivity index (χ4n) is 6.48. The Kier molecular flexibility index (Phi) is 8.42. The van der Waals surface area contributed by atoms with Crippen molar-refractivity contribution in [2.75, 3.05) is 5.75 Å². The van der Waals surface area contributed by atoms with Gasteiger partial charge in [-0.25, -0.2) is 0 Å². The smallest absolute Gasteiger partial charge is 0.0811 e. The average molecular weight is 465 g/mol. The summed E-state index contributed by atoms with van der Waals surface area (Å²) in [6, 6.07) is 0. The van der Waals surface area contributed by atoms with Gasteiger partial charge < -0.3 is 20.4 Å². The molecular formula is C27H44O4S. The first kappa shape index (κ1) is 26.0. The summed E-state index contributed by atoms with van der Waals surface area (Å²) in [5, 5.41) is 41.6. The molecule has 0 heterocycles. The van der Waals surface area contributed by atoms with Crippen molar-refractivity contribution in [1.82, 2.24) is 0 Å². The summed E-state index contributed by atoms with van der Waals surface area (Å²) in [7, 11) is 0. The summed E-state index contributed by atoms with van der Waals surface area (Å²) in [6.45, 7) is 12.4. The molecule has 0 aromatic carbocycles. The molecule has 0 aromatic rings. The van der Waals surface area contributed by atoms with E-state index in [2.05, 4.69) is 32.6 Å². The number of hydrogen-bond donors (Lipinski definition) is 4. The van der Waals surface area contributed by atoms with Crippen LogP contribution in [-0.2, 0) is 0 Å². The van der Waals surface area contributed by atoms with E-state index in [0.29, 0.717) is 24.0 Å². The van der Waals surface area contributed by atoms with Crippen LogP contribution in [-0.4, -0.2) is 55.3 Å². The van der Waals surface area contributed by atoms with E-state index in [-0.39, 0.29) is 17.4 Å². The van der Waals surface area contributed by atoms with Gasteiger partial charge in [0.15, 0.2) is 0 Å². The van der Waals surface area contributed by atoms with Crippen LogP contribution in [0.25, 0.3) is 0 Å². The highest BCUT2D eigenvalue weighted by Crippen LogP contribution is 2.59. The van der Waals surface area contributed by atoms with Crippen LogP contribution in [0.5, 0.6) is 0 Å². The molecule has 0 spiro atoms. The minimum absolute atomic E-state index is 0.0905. The van der Waals surface area contributed by atoms with E-state index in [1.807, 2.05) is 25.6 Å². The van der Waals surface area contributed by atoms with Crippen LogP contribution in [0.3, 0.4) is 0 Å². The molecule has 4 N–H and O–H groups in total. The number of aliphatic hydroxyl groups is 4. The minimum atomic E-state index is -0.660. The SMILES string of the molecule is C=C1/C(=C\C=C2/CCC[C@@]3(C)[C@H]2C[C@@H](O)[C@@H]3C(C)SCCCC(C)(C)O)C[C@@H](O)C[C@@H]1O. The maximum absolute atomic E-state index is 11.1. The molecule has 0 radical (unpaired) electrons. The van der Waals surface area contributed by atoms with Crippen molar-refractivity contribution in [3.05, 3.63) is 35.5 Å². The van der Waals surface area contributed by atoms with Crippen LogP contribution in [0.2, 0.25) is 0 Å². The van der Waals surface area contributed by atoms with Crippen molar-refractivity contribution in [2.45, 2.75) is 108 Å². The number of hydrogen-bond acceptors (Lipinski definition) is 5. The monoisotopic (exact) mass is 464 g/mol. The highest BCUT2D eigenvalue weighted by Gasteiger charge is 2.55. The molecule has 0 saturated heterocycles. The lowest BCUT2D eigenvalue weighted by atomic mass is 9.63. The number of rotatable bonds is 7. The first-order valence-electron chi connectivity index (χ1n) is 12.4. The van der Waals surface area contributed by atoms with Crippen LogP contribution in [0, 0.1) is 17.3 Å². The molecule has 32 heavy (non-hydrogen) atoms. The first-order chi connectivity index (χ1) is 14.9. The largest absolute Gasteiger partial charge is 0.393 e. The Balaban J connectivity index is 1.71. The van der Waals surface area contributed by atoms with Gasteiger partial charge in [0.1, 0.15) is 0 Å². The van der Waals surface area contributed by atoms with Crippen molar-refractivity contribution in [1.29, 1.82) is 0 Å². The molecule has 0 bridgehead atoms. The molecule has 0 amide bonds. The maximum Gasteiger partial charge on any atom is 0.0811 e. The highest BCUT2D eigenvalue weighted by atomic mass is 32.2. The van der Waals surface area contributed by atoms with Gasteiger partial charge in [0.2, 0.25) is 0 Å². The van der Waals surface area contributed by atoms with Crippen molar-refractivity contribution in [3.63, 3.8) is 0 Å². The molecule has 182 valence electrons. The molecule has 4 nitrogen and oxygen atoms in total. The zero-order valence-corrected chi connectivity index (χ0v) is 21.2. The summed E-state index contributed by atoms with van der Waals surface area (Å²) in [5.74, 6) is 1.65. The van der Waals surface area contributed by atoms with Crippen molar-refractivity contribution in [3.8, 4) is 0 Å². The van der Waals surface area contributed by atoms with Gasteiger partial charge in [0.25, 0.3) is 0 Å². The third kappa shape index (κ3) is 5.90.